The Hall–Kier alpha value is -1.73. The topological polar surface area (TPSA) is 17.1 Å². The van der Waals surface area contributed by atoms with Crippen molar-refractivity contribution < 1.29 is 4.79 Å². The maximum Gasteiger partial charge on any atom is 0.155 e. The van der Waals surface area contributed by atoms with Crippen LogP contribution in [0.25, 0.3) is 0 Å². The first-order valence-electron chi connectivity index (χ1n) is 6.46. The molecule has 0 heterocycles. The average Bonchev–Trinajstić information content (AvgIpc) is 2.47. The molecule has 1 atom stereocenters. The number of halogens is 1. The van der Waals surface area contributed by atoms with Gasteiger partial charge in [0.1, 0.15) is 4.75 Å². The van der Waals surface area contributed by atoms with Gasteiger partial charge >= 0.3 is 0 Å². The van der Waals surface area contributed by atoms with E-state index in [0.717, 1.165) is 10.5 Å². The summed E-state index contributed by atoms with van der Waals surface area (Å²) in [6, 6.07) is 17.1. The molecule has 0 spiro atoms. The molecular formula is C18H15ClOS. The van der Waals surface area contributed by atoms with E-state index in [0.29, 0.717) is 5.02 Å². The molecule has 0 aliphatic heterocycles. The van der Waals surface area contributed by atoms with Crippen LogP contribution >= 0.6 is 23.4 Å². The molecule has 0 N–H and O–H groups in total. The summed E-state index contributed by atoms with van der Waals surface area (Å²) in [6.07, 6.45) is 1.71. The van der Waals surface area contributed by atoms with Crippen LogP contribution < -0.4 is 0 Å². The van der Waals surface area contributed by atoms with E-state index < -0.39 is 4.75 Å². The van der Waals surface area contributed by atoms with Crippen molar-refractivity contribution in [3.05, 3.63) is 83.6 Å². The van der Waals surface area contributed by atoms with Gasteiger partial charge in [-0.05, 0) is 42.8 Å². The van der Waals surface area contributed by atoms with E-state index in [9.17, 15) is 4.79 Å². The molecule has 0 amide bonds. The molecule has 2 aromatic carbocycles. The lowest BCUT2D eigenvalue weighted by Gasteiger charge is -2.27. The normalized spacial score (nSPS) is 13.0. The highest BCUT2D eigenvalue weighted by Gasteiger charge is 2.36. The van der Waals surface area contributed by atoms with Crippen LogP contribution in [0, 0.1) is 0 Å². The Balaban J connectivity index is 2.58. The Morgan fingerprint density at radius 1 is 1.24 bits per heavy atom. The molecule has 0 saturated carbocycles. The van der Waals surface area contributed by atoms with Crippen LogP contribution in [-0.4, -0.2) is 5.78 Å². The number of ketones is 1. The fourth-order valence-corrected chi connectivity index (χ4v) is 3.47. The maximum absolute atomic E-state index is 12.4. The van der Waals surface area contributed by atoms with Crippen LogP contribution in [0.3, 0.4) is 0 Å². The molecule has 0 aliphatic carbocycles. The minimum Gasteiger partial charge on any atom is -0.298 e. The first-order valence-corrected chi connectivity index (χ1v) is 7.66. The van der Waals surface area contributed by atoms with Crippen molar-refractivity contribution in [2.75, 3.05) is 0 Å². The van der Waals surface area contributed by atoms with Crippen LogP contribution in [0.5, 0.6) is 0 Å². The molecule has 2 aromatic rings. The molecule has 0 saturated heterocycles. The Labute approximate surface area is 134 Å². The van der Waals surface area contributed by atoms with Crippen molar-refractivity contribution in [1.29, 1.82) is 0 Å². The lowest BCUT2D eigenvalue weighted by atomic mass is 9.94. The second-order valence-electron chi connectivity index (χ2n) is 4.57. The predicted octanol–water partition coefficient (Wildman–Crippen LogP) is 5.26. The first kappa shape index (κ1) is 15.7. The van der Waals surface area contributed by atoms with Crippen LogP contribution in [0.2, 0.25) is 5.02 Å². The largest absolute Gasteiger partial charge is 0.298 e. The molecule has 0 fully saturated rings. The molecule has 0 aromatic heterocycles. The molecule has 2 rings (SSSR count). The summed E-state index contributed by atoms with van der Waals surface area (Å²) in [6.45, 7) is 5.21. The van der Waals surface area contributed by atoms with E-state index in [2.05, 4.69) is 12.3 Å². The fraction of sp³-hybridized carbons (Fsp3) is 0.111. The van der Waals surface area contributed by atoms with Gasteiger partial charge in [-0.2, -0.15) is 0 Å². The van der Waals surface area contributed by atoms with E-state index in [-0.39, 0.29) is 5.78 Å². The number of carbonyl (C=O) groups excluding carboxylic acids is 1. The van der Waals surface area contributed by atoms with Gasteiger partial charge in [-0.25, -0.2) is 0 Å². The van der Waals surface area contributed by atoms with E-state index in [1.807, 2.05) is 48.5 Å². The quantitative estimate of drug-likeness (QED) is 0.553. The highest BCUT2D eigenvalue weighted by molar-refractivity contribution is 8.01. The Morgan fingerprint density at radius 2 is 1.95 bits per heavy atom. The predicted molar refractivity (Wildman–Crippen MR) is 89.8 cm³/mol. The number of carbonyl (C=O) groups is 1. The second-order valence-corrected chi connectivity index (χ2v) is 6.32. The molecular weight excluding hydrogens is 300 g/mol. The summed E-state index contributed by atoms with van der Waals surface area (Å²) in [4.78, 5) is 13.4. The number of Topliss-reactive ketones (excluding diaryl/α,β-unsaturated/α-hetero) is 1. The summed E-state index contributed by atoms with van der Waals surface area (Å²) >= 11 is 7.55. The number of rotatable bonds is 5. The van der Waals surface area contributed by atoms with Gasteiger partial charge in [-0.1, -0.05) is 48.5 Å². The van der Waals surface area contributed by atoms with Crippen LogP contribution in [0.15, 0.2) is 77.9 Å². The van der Waals surface area contributed by atoms with Gasteiger partial charge in [0.05, 0.1) is 0 Å². The molecule has 0 bridgehead atoms. The molecule has 0 radical (unpaired) electrons. The van der Waals surface area contributed by atoms with Crippen molar-refractivity contribution >= 4 is 29.1 Å². The number of benzene rings is 2. The third kappa shape index (κ3) is 3.48. The Bertz CT molecular complexity index is 685. The molecule has 0 aliphatic rings. The SMILES string of the molecule is C=C=CC(Sc1ccccc1)(C(C)=O)c1cccc(Cl)c1. The number of thioether (sulfide) groups is 1. The Morgan fingerprint density at radius 3 is 2.52 bits per heavy atom. The summed E-state index contributed by atoms with van der Waals surface area (Å²) in [7, 11) is 0. The minimum atomic E-state index is -0.867. The van der Waals surface area contributed by atoms with Gasteiger partial charge in [-0.3, -0.25) is 4.79 Å². The second kappa shape index (κ2) is 6.82. The molecule has 1 unspecified atom stereocenters. The van der Waals surface area contributed by atoms with Crippen molar-refractivity contribution in [3.63, 3.8) is 0 Å². The van der Waals surface area contributed by atoms with Crippen LogP contribution in [0.1, 0.15) is 12.5 Å². The van der Waals surface area contributed by atoms with Gasteiger partial charge in [0.25, 0.3) is 0 Å². The lowest BCUT2D eigenvalue weighted by Crippen LogP contribution is -2.28. The van der Waals surface area contributed by atoms with Gasteiger partial charge in [-0.15, -0.1) is 17.5 Å². The molecule has 106 valence electrons. The third-order valence-electron chi connectivity index (χ3n) is 3.10. The number of hydrogen-bond donors (Lipinski definition) is 0. The smallest absolute Gasteiger partial charge is 0.155 e. The summed E-state index contributed by atoms with van der Waals surface area (Å²) < 4.78 is -0.867. The third-order valence-corrected chi connectivity index (χ3v) is 4.81. The lowest BCUT2D eigenvalue weighted by molar-refractivity contribution is -0.118. The highest BCUT2D eigenvalue weighted by atomic mass is 35.5. The summed E-state index contributed by atoms with van der Waals surface area (Å²) in [5, 5.41) is 0.601. The van der Waals surface area contributed by atoms with Gasteiger partial charge < -0.3 is 0 Å². The fourth-order valence-electron chi connectivity index (χ4n) is 2.09. The molecule has 1 nitrogen and oxygen atoms in total. The van der Waals surface area contributed by atoms with Crippen molar-refractivity contribution in [1.82, 2.24) is 0 Å². The van der Waals surface area contributed by atoms with Gasteiger partial charge in [0.15, 0.2) is 5.78 Å². The van der Waals surface area contributed by atoms with Crippen molar-refractivity contribution in [2.45, 2.75) is 16.6 Å². The Kier molecular flexibility index (Phi) is 5.08. The van der Waals surface area contributed by atoms with Gasteiger partial charge in [0.2, 0.25) is 0 Å². The van der Waals surface area contributed by atoms with E-state index in [1.54, 1.807) is 19.1 Å². The van der Waals surface area contributed by atoms with Crippen molar-refractivity contribution in [3.8, 4) is 0 Å². The van der Waals surface area contributed by atoms with Crippen molar-refractivity contribution in [2.24, 2.45) is 0 Å². The zero-order valence-corrected chi connectivity index (χ0v) is 13.2. The number of hydrogen-bond acceptors (Lipinski definition) is 2. The van der Waals surface area contributed by atoms with Crippen LogP contribution in [-0.2, 0) is 9.54 Å². The summed E-state index contributed by atoms with van der Waals surface area (Å²) in [5.41, 5.74) is 3.59. The molecule has 21 heavy (non-hydrogen) atoms. The highest BCUT2D eigenvalue weighted by Crippen LogP contribution is 2.44. The zero-order chi connectivity index (χ0) is 15.3. The zero-order valence-electron chi connectivity index (χ0n) is 11.7. The molecule has 3 heteroatoms. The van der Waals surface area contributed by atoms with Crippen LogP contribution in [0.4, 0.5) is 0 Å². The van der Waals surface area contributed by atoms with E-state index in [4.69, 9.17) is 11.6 Å². The first-order chi connectivity index (χ1) is 10.1. The maximum atomic E-state index is 12.4. The van der Waals surface area contributed by atoms with E-state index >= 15 is 0 Å². The summed E-state index contributed by atoms with van der Waals surface area (Å²) in [5.74, 6) is 0.00905. The van der Waals surface area contributed by atoms with Gasteiger partial charge in [0, 0.05) is 9.92 Å². The standard InChI is InChI=1S/C18H15ClOS/c1-3-12-18(14(2)20,15-8-7-9-16(19)13-15)21-17-10-5-4-6-11-17/h4-13H,1H2,2H3. The van der Waals surface area contributed by atoms with E-state index in [1.165, 1.54) is 11.8 Å². The monoisotopic (exact) mass is 314 g/mol. The minimum absolute atomic E-state index is 0.00905. The average molecular weight is 315 g/mol.